The van der Waals surface area contributed by atoms with Crippen LogP contribution in [0.4, 0.5) is 0 Å². The van der Waals surface area contributed by atoms with Crippen molar-refractivity contribution in [2.75, 3.05) is 0 Å². The van der Waals surface area contributed by atoms with E-state index in [2.05, 4.69) is 13.8 Å². The first-order chi connectivity index (χ1) is 8.29. The fourth-order valence-electron chi connectivity index (χ4n) is 4.20. The minimum atomic E-state index is 1.02. The maximum atomic E-state index is 2.44. The van der Waals surface area contributed by atoms with Gasteiger partial charge in [0.2, 0.25) is 0 Å². The number of rotatable bonds is 4. The van der Waals surface area contributed by atoms with E-state index in [0.717, 1.165) is 23.7 Å². The molecule has 0 aromatic rings. The monoisotopic (exact) mass is 236 g/mol. The fourth-order valence-corrected chi connectivity index (χ4v) is 4.20. The normalized spacial score (nSPS) is 39.2. The summed E-state index contributed by atoms with van der Waals surface area (Å²) in [6, 6.07) is 0. The van der Waals surface area contributed by atoms with E-state index in [4.69, 9.17) is 0 Å². The van der Waals surface area contributed by atoms with Crippen LogP contribution in [0.2, 0.25) is 0 Å². The quantitative estimate of drug-likeness (QED) is 0.578. The molecule has 0 radical (unpaired) electrons. The van der Waals surface area contributed by atoms with Crippen molar-refractivity contribution in [1.82, 2.24) is 0 Å². The minimum absolute atomic E-state index is 1.02. The molecular weight excluding hydrogens is 204 g/mol. The highest BCUT2D eigenvalue weighted by molar-refractivity contribution is 4.81. The summed E-state index contributed by atoms with van der Waals surface area (Å²) in [6.45, 7) is 4.77. The largest absolute Gasteiger partial charge is 0.0654 e. The van der Waals surface area contributed by atoms with E-state index in [1.165, 1.54) is 32.1 Å². The van der Waals surface area contributed by atoms with Gasteiger partial charge in [0.1, 0.15) is 0 Å². The van der Waals surface area contributed by atoms with E-state index >= 15 is 0 Å². The predicted molar refractivity (Wildman–Crippen MR) is 76.1 cm³/mol. The lowest BCUT2D eigenvalue weighted by molar-refractivity contribution is 0.147. The first-order valence-electron chi connectivity index (χ1n) is 8.29. The Kier molecular flexibility index (Phi) is 5.38. The molecule has 2 saturated carbocycles. The summed E-state index contributed by atoms with van der Waals surface area (Å²) in [4.78, 5) is 0. The third-order valence-electron chi connectivity index (χ3n) is 5.58. The summed E-state index contributed by atoms with van der Waals surface area (Å²) in [5.74, 6) is 4.33. The van der Waals surface area contributed by atoms with Crippen LogP contribution in [0.5, 0.6) is 0 Å². The van der Waals surface area contributed by atoms with E-state index in [1.54, 1.807) is 38.5 Å². The molecule has 0 aromatic carbocycles. The topological polar surface area (TPSA) is 0 Å². The Morgan fingerprint density at radius 3 is 1.82 bits per heavy atom. The van der Waals surface area contributed by atoms with Crippen LogP contribution < -0.4 is 0 Å². The van der Waals surface area contributed by atoms with E-state index < -0.39 is 0 Å². The Balaban J connectivity index is 1.68. The number of hydrogen-bond donors (Lipinski definition) is 0. The predicted octanol–water partition coefficient (Wildman–Crippen LogP) is 5.81. The summed E-state index contributed by atoms with van der Waals surface area (Å²) in [5, 5.41) is 0. The smallest absolute Gasteiger partial charge is 0.0386 e. The Bertz CT molecular complexity index is 192. The van der Waals surface area contributed by atoms with Gasteiger partial charge in [-0.2, -0.15) is 0 Å². The average molecular weight is 236 g/mol. The molecule has 0 aliphatic heterocycles. The van der Waals surface area contributed by atoms with Gasteiger partial charge in [0.15, 0.2) is 0 Å². The summed E-state index contributed by atoms with van der Waals surface area (Å²) in [6.07, 6.45) is 16.7. The molecule has 0 heterocycles. The van der Waals surface area contributed by atoms with Crippen molar-refractivity contribution in [3.05, 3.63) is 0 Å². The second kappa shape index (κ2) is 6.81. The van der Waals surface area contributed by atoms with E-state index in [-0.39, 0.29) is 0 Å². The van der Waals surface area contributed by atoms with Gasteiger partial charge in [-0.05, 0) is 49.4 Å². The molecule has 0 atom stereocenters. The zero-order chi connectivity index (χ0) is 12.1. The van der Waals surface area contributed by atoms with Crippen LogP contribution in [0.3, 0.4) is 0 Å². The average Bonchev–Trinajstić information content (AvgIpc) is 2.38. The molecule has 0 heteroatoms. The van der Waals surface area contributed by atoms with Crippen molar-refractivity contribution in [3.8, 4) is 0 Å². The van der Waals surface area contributed by atoms with Gasteiger partial charge in [0.25, 0.3) is 0 Å². The molecule has 0 N–H and O–H groups in total. The van der Waals surface area contributed by atoms with Crippen LogP contribution in [-0.2, 0) is 0 Å². The van der Waals surface area contributed by atoms with Crippen LogP contribution >= 0.6 is 0 Å². The van der Waals surface area contributed by atoms with E-state index in [1.807, 2.05) is 0 Å². The molecule has 0 nitrogen and oxygen atoms in total. The zero-order valence-electron chi connectivity index (χ0n) is 12.1. The van der Waals surface area contributed by atoms with Crippen molar-refractivity contribution >= 4 is 0 Å². The van der Waals surface area contributed by atoms with Gasteiger partial charge in [-0.25, -0.2) is 0 Å². The molecule has 0 unspecified atom stereocenters. The maximum absolute atomic E-state index is 2.44. The van der Waals surface area contributed by atoms with Crippen LogP contribution in [0.15, 0.2) is 0 Å². The van der Waals surface area contributed by atoms with Crippen LogP contribution in [0, 0.1) is 23.7 Å². The SMILES string of the molecule is CCCC[C@H]1CC[C@H]([C@H]2CC[C@H](C)CC2)CC1. The third-order valence-corrected chi connectivity index (χ3v) is 5.58. The number of unbranched alkanes of at least 4 members (excludes halogenated alkanes) is 1. The van der Waals surface area contributed by atoms with Gasteiger partial charge in [0, 0.05) is 0 Å². The lowest BCUT2D eigenvalue weighted by atomic mass is 9.69. The van der Waals surface area contributed by atoms with Gasteiger partial charge in [-0.1, -0.05) is 58.8 Å². The third kappa shape index (κ3) is 4.00. The number of hydrogen-bond acceptors (Lipinski definition) is 0. The highest BCUT2D eigenvalue weighted by Gasteiger charge is 2.29. The van der Waals surface area contributed by atoms with Gasteiger partial charge in [-0.15, -0.1) is 0 Å². The van der Waals surface area contributed by atoms with Crippen LogP contribution in [0.25, 0.3) is 0 Å². The van der Waals surface area contributed by atoms with E-state index in [0.29, 0.717) is 0 Å². The standard InChI is InChI=1S/C17H32/c1-3-4-5-15-8-12-17(13-9-15)16-10-6-14(2)7-11-16/h14-17H,3-13H2,1-2H3/t14-,15-,16-,17-. The lowest BCUT2D eigenvalue weighted by Crippen LogP contribution is -2.25. The first-order valence-corrected chi connectivity index (χ1v) is 8.29. The van der Waals surface area contributed by atoms with Crippen molar-refractivity contribution < 1.29 is 0 Å². The summed E-state index contributed by atoms with van der Waals surface area (Å²) in [7, 11) is 0. The molecule has 2 fully saturated rings. The molecule has 0 aromatic heterocycles. The fraction of sp³-hybridized carbons (Fsp3) is 1.00. The summed E-state index contributed by atoms with van der Waals surface area (Å²) in [5.41, 5.74) is 0. The molecule has 0 bridgehead atoms. The highest BCUT2D eigenvalue weighted by Crippen LogP contribution is 2.42. The molecule has 2 aliphatic carbocycles. The Labute approximate surface area is 109 Å². The second-order valence-corrected chi connectivity index (χ2v) is 6.94. The van der Waals surface area contributed by atoms with Gasteiger partial charge in [-0.3, -0.25) is 0 Å². The van der Waals surface area contributed by atoms with Crippen LogP contribution in [-0.4, -0.2) is 0 Å². The second-order valence-electron chi connectivity index (χ2n) is 6.94. The molecule has 17 heavy (non-hydrogen) atoms. The van der Waals surface area contributed by atoms with Gasteiger partial charge < -0.3 is 0 Å². The van der Waals surface area contributed by atoms with Crippen molar-refractivity contribution in [2.24, 2.45) is 23.7 Å². The maximum Gasteiger partial charge on any atom is -0.0386 e. The van der Waals surface area contributed by atoms with Crippen molar-refractivity contribution in [3.63, 3.8) is 0 Å². The molecule has 0 amide bonds. The molecule has 0 saturated heterocycles. The Hall–Kier alpha value is 0. The Morgan fingerprint density at radius 1 is 0.765 bits per heavy atom. The molecule has 100 valence electrons. The Morgan fingerprint density at radius 2 is 1.29 bits per heavy atom. The molecular formula is C17H32. The molecule has 2 aliphatic rings. The molecule has 2 rings (SSSR count). The van der Waals surface area contributed by atoms with Crippen LogP contribution in [0.1, 0.15) is 84.5 Å². The zero-order valence-corrected chi connectivity index (χ0v) is 12.1. The minimum Gasteiger partial charge on any atom is -0.0654 e. The van der Waals surface area contributed by atoms with Crippen molar-refractivity contribution in [2.45, 2.75) is 84.5 Å². The summed E-state index contributed by atoms with van der Waals surface area (Å²) >= 11 is 0. The highest BCUT2D eigenvalue weighted by atomic mass is 14.3. The lowest BCUT2D eigenvalue weighted by Gasteiger charge is -2.37. The first kappa shape index (κ1) is 13.4. The molecule has 0 spiro atoms. The van der Waals surface area contributed by atoms with Gasteiger partial charge in [0.05, 0.1) is 0 Å². The van der Waals surface area contributed by atoms with Crippen molar-refractivity contribution in [1.29, 1.82) is 0 Å². The summed E-state index contributed by atoms with van der Waals surface area (Å²) < 4.78 is 0. The van der Waals surface area contributed by atoms with E-state index in [9.17, 15) is 0 Å². The van der Waals surface area contributed by atoms with Gasteiger partial charge >= 0.3 is 0 Å².